The van der Waals surface area contributed by atoms with Gasteiger partial charge in [0.25, 0.3) is 0 Å². The van der Waals surface area contributed by atoms with Gasteiger partial charge < -0.3 is 9.47 Å². The lowest BCUT2D eigenvalue weighted by atomic mass is 10.2. The Bertz CT molecular complexity index is 438. The maximum atomic E-state index is 11.2. The van der Waals surface area contributed by atoms with E-state index in [0.29, 0.717) is 11.5 Å². The van der Waals surface area contributed by atoms with E-state index in [1.54, 1.807) is 25.3 Å². The van der Waals surface area contributed by atoms with Crippen molar-refractivity contribution in [3.05, 3.63) is 40.5 Å². The molecule has 1 rings (SSSR count). The molecular formula is C12H11IO3. The molecule has 1 aromatic carbocycles. The summed E-state index contributed by atoms with van der Waals surface area (Å²) in [6.07, 6.45) is 2.73. The zero-order valence-corrected chi connectivity index (χ0v) is 11.0. The molecule has 0 aliphatic heterocycles. The van der Waals surface area contributed by atoms with E-state index in [2.05, 4.69) is 35.7 Å². The van der Waals surface area contributed by atoms with Crippen LogP contribution in [0.15, 0.2) is 31.4 Å². The largest absolute Gasteiger partial charge is 0.496 e. The van der Waals surface area contributed by atoms with Crippen molar-refractivity contribution in [1.82, 2.24) is 0 Å². The molecule has 84 valence electrons. The van der Waals surface area contributed by atoms with Crippen LogP contribution in [0.25, 0.3) is 6.08 Å². The lowest BCUT2D eigenvalue weighted by Crippen LogP contribution is -2.06. The first-order valence-corrected chi connectivity index (χ1v) is 5.55. The zero-order chi connectivity index (χ0) is 12.1. The van der Waals surface area contributed by atoms with E-state index >= 15 is 0 Å². The zero-order valence-electron chi connectivity index (χ0n) is 8.83. The normalized spacial score (nSPS) is 9.38. The minimum atomic E-state index is -0.505. The van der Waals surface area contributed by atoms with Crippen molar-refractivity contribution in [3.63, 3.8) is 0 Å². The SMILES string of the molecule is C=CC(=O)Oc1c(C=C)ccc(OC)c1I. The van der Waals surface area contributed by atoms with Crippen molar-refractivity contribution in [2.24, 2.45) is 0 Å². The van der Waals surface area contributed by atoms with E-state index in [9.17, 15) is 4.79 Å². The fraction of sp³-hybridized carbons (Fsp3) is 0.0833. The van der Waals surface area contributed by atoms with Crippen LogP contribution >= 0.6 is 22.6 Å². The van der Waals surface area contributed by atoms with Crippen LogP contribution in [-0.2, 0) is 4.79 Å². The lowest BCUT2D eigenvalue weighted by molar-refractivity contribution is -0.129. The van der Waals surface area contributed by atoms with Gasteiger partial charge in [0.1, 0.15) is 5.75 Å². The summed E-state index contributed by atoms with van der Waals surface area (Å²) in [5, 5.41) is 0. The van der Waals surface area contributed by atoms with Crippen molar-refractivity contribution < 1.29 is 14.3 Å². The number of ether oxygens (including phenoxy) is 2. The third-order valence-electron chi connectivity index (χ3n) is 1.90. The molecule has 0 unspecified atom stereocenters. The number of hydrogen-bond donors (Lipinski definition) is 0. The van der Waals surface area contributed by atoms with Gasteiger partial charge in [-0.2, -0.15) is 0 Å². The molecule has 4 heteroatoms. The van der Waals surface area contributed by atoms with Crippen molar-refractivity contribution in [2.75, 3.05) is 7.11 Å². The maximum absolute atomic E-state index is 11.2. The van der Waals surface area contributed by atoms with Crippen molar-refractivity contribution in [3.8, 4) is 11.5 Å². The molecule has 0 saturated carbocycles. The molecule has 1 aromatic rings. The van der Waals surface area contributed by atoms with E-state index in [1.807, 2.05) is 0 Å². The summed E-state index contributed by atoms with van der Waals surface area (Å²) in [6, 6.07) is 3.57. The number of hydrogen-bond acceptors (Lipinski definition) is 3. The Kier molecular flexibility index (Phi) is 4.54. The molecule has 0 saturated heterocycles. The number of benzene rings is 1. The van der Waals surface area contributed by atoms with E-state index in [4.69, 9.17) is 9.47 Å². The van der Waals surface area contributed by atoms with Crippen molar-refractivity contribution in [2.45, 2.75) is 0 Å². The van der Waals surface area contributed by atoms with Gasteiger partial charge >= 0.3 is 5.97 Å². The number of esters is 1. The summed E-state index contributed by atoms with van der Waals surface area (Å²) in [5.74, 6) is 0.590. The molecule has 16 heavy (non-hydrogen) atoms. The fourth-order valence-corrected chi connectivity index (χ4v) is 1.94. The minimum absolute atomic E-state index is 0.444. The van der Waals surface area contributed by atoms with Gasteiger partial charge in [-0.25, -0.2) is 4.79 Å². The summed E-state index contributed by atoms with van der Waals surface area (Å²) in [5.41, 5.74) is 0.736. The van der Waals surface area contributed by atoms with Crippen molar-refractivity contribution >= 4 is 34.6 Å². The van der Waals surface area contributed by atoms with Crippen LogP contribution in [0.2, 0.25) is 0 Å². The monoisotopic (exact) mass is 330 g/mol. The lowest BCUT2D eigenvalue weighted by Gasteiger charge is -2.11. The summed E-state index contributed by atoms with van der Waals surface area (Å²) in [6.45, 7) is 7.01. The molecule has 3 nitrogen and oxygen atoms in total. The Hall–Kier alpha value is -1.30. The first-order valence-electron chi connectivity index (χ1n) is 4.47. The highest BCUT2D eigenvalue weighted by atomic mass is 127. The third kappa shape index (κ3) is 2.63. The Morgan fingerprint density at radius 3 is 2.62 bits per heavy atom. The van der Waals surface area contributed by atoms with Gasteiger partial charge in [0.15, 0.2) is 5.75 Å². The van der Waals surface area contributed by atoms with Gasteiger partial charge in [0, 0.05) is 11.6 Å². The van der Waals surface area contributed by atoms with Crippen LogP contribution in [0.5, 0.6) is 11.5 Å². The predicted molar refractivity (Wildman–Crippen MR) is 71.6 cm³/mol. The average molecular weight is 330 g/mol. The summed E-state index contributed by atoms with van der Waals surface area (Å²) >= 11 is 2.06. The molecule has 0 aromatic heterocycles. The number of halogens is 1. The molecule has 0 fully saturated rings. The smallest absolute Gasteiger partial charge is 0.335 e. The summed E-state index contributed by atoms with van der Waals surface area (Å²) < 4.78 is 11.0. The number of methoxy groups -OCH3 is 1. The van der Waals surface area contributed by atoms with Gasteiger partial charge in [0.05, 0.1) is 10.7 Å². The van der Waals surface area contributed by atoms with Crippen LogP contribution < -0.4 is 9.47 Å². The first kappa shape index (κ1) is 12.8. The second-order valence-electron chi connectivity index (χ2n) is 2.83. The number of rotatable bonds is 4. The van der Waals surface area contributed by atoms with Gasteiger partial charge in [-0.3, -0.25) is 0 Å². The standard InChI is InChI=1S/C12H11IO3/c1-4-8-6-7-9(15-3)11(13)12(8)16-10(14)5-2/h4-7H,1-2H2,3H3. The molecule has 0 atom stereocenters. The predicted octanol–water partition coefficient (Wildman–Crippen LogP) is 3.03. The second-order valence-corrected chi connectivity index (χ2v) is 3.91. The Morgan fingerprint density at radius 1 is 1.44 bits per heavy atom. The van der Waals surface area contributed by atoms with E-state index in [0.717, 1.165) is 15.2 Å². The third-order valence-corrected chi connectivity index (χ3v) is 2.92. The maximum Gasteiger partial charge on any atom is 0.335 e. The molecule has 0 N–H and O–H groups in total. The first-order chi connectivity index (χ1) is 7.63. The van der Waals surface area contributed by atoms with Crippen LogP contribution in [0, 0.1) is 3.57 Å². The van der Waals surface area contributed by atoms with Gasteiger partial charge in [-0.15, -0.1) is 0 Å². The van der Waals surface area contributed by atoms with Gasteiger partial charge in [-0.05, 0) is 34.7 Å². The Labute approximate surface area is 108 Å². The molecular weight excluding hydrogens is 319 g/mol. The molecule has 0 amide bonds. The van der Waals surface area contributed by atoms with Crippen LogP contribution in [0.1, 0.15) is 5.56 Å². The van der Waals surface area contributed by atoms with E-state index in [1.165, 1.54) is 0 Å². The quantitative estimate of drug-likeness (QED) is 0.368. The highest BCUT2D eigenvalue weighted by Gasteiger charge is 2.13. The number of carbonyl (C=O) groups is 1. The fourth-order valence-electron chi connectivity index (χ4n) is 1.12. The molecule has 0 bridgehead atoms. The van der Waals surface area contributed by atoms with Gasteiger partial charge in [-0.1, -0.05) is 19.2 Å². The minimum Gasteiger partial charge on any atom is -0.496 e. The molecule has 0 heterocycles. The van der Waals surface area contributed by atoms with Crippen LogP contribution in [0.3, 0.4) is 0 Å². The summed E-state index contributed by atoms with van der Waals surface area (Å²) in [4.78, 5) is 11.2. The summed E-state index contributed by atoms with van der Waals surface area (Å²) in [7, 11) is 1.56. The average Bonchev–Trinajstić information content (AvgIpc) is 2.31. The molecule has 0 aliphatic rings. The van der Waals surface area contributed by atoms with Crippen LogP contribution in [-0.4, -0.2) is 13.1 Å². The molecule has 0 spiro atoms. The van der Waals surface area contributed by atoms with Crippen LogP contribution in [0.4, 0.5) is 0 Å². The van der Waals surface area contributed by atoms with E-state index in [-0.39, 0.29) is 0 Å². The Balaban J connectivity index is 3.25. The highest BCUT2D eigenvalue weighted by molar-refractivity contribution is 14.1. The van der Waals surface area contributed by atoms with E-state index < -0.39 is 5.97 Å². The highest BCUT2D eigenvalue weighted by Crippen LogP contribution is 2.34. The Morgan fingerprint density at radius 2 is 2.12 bits per heavy atom. The topological polar surface area (TPSA) is 35.5 Å². The second kappa shape index (κ2) is 5.69. The van der Waals surface area contributed by atoms with Gasteiger partial charge in [0.2, 0.25) is 0 Å². The molecule has 0 radical (unpaired) electrons. The molecule has 0 aliphatic carbocycles. The number of carbonyl (C=O) groups excluding carboxylic acids is 1. The van der Waals surface area contributed by atoms with Crippen molar-refractivity contribution in [1.29, 1.82) is 0 Å².